The van der Waals surface area contributed by atoms with Crippen LogP contribution in [0.3, 0.4) is 0 Å². The summed E-state index contributed by atoms with van der Waals surface area (Å²) >= 11 is 0. The van der Waals surface area contributed by atoms with Gasteiger partial charge < -0.3 is 58.5 Å². The minimum Gasteiger partial charge on any atom is -0.743 e. The van der Waals surface area contributed by atoms with Crippen molar-refractivity contribution in [2.24, 2.45) is 0 Å². The fourth-order valence-electron chi connectivity index (χ4n) is 7.01. The Bertz CT molecular complexity index is 3620. The monoisotopic (exact) mass is 1730 g/mol. The predicted molar refractivity (Wildman–Crippen MR) is 435 cm³/mol. The first-order chi connectivity index (χ1) is 53.0. The third-order valence-corrected chi connectivity index (χ3v) is 21.2. The van der Waals surface area contributed by atoms with Gasteiger partial charge in [-0.2, -0.15) is 26.3 Å². The molecule has 21 nitrogen and oxygen atoms in total. The summed E-state index contributed by atoms with van der Waals surface area (Å²) in [6, 6.07) is 45.6. The van der Waals surface area contributed by atoms with E-state index in [1.165, 1.54) is 56.6 Å². The maximum Gasteiger partial charge on any atom is 0.364 e. The Morgan fingerprint density at radius 2 is 0.483 bits per heavy atom. The summed E-state index contributed by atoms with van der Waals surface area (Å²) in [5, 5.41) is 47.6. The van der Waals surface area contributed by atoms with Gasteiger partial charge in [-0.15, -0.1) is 0 Å². The third kappa shape index (κ3) is 52.3. The molecular formula is C83H128F9O21S3-3. The summed E-state index contributed by atoms with van der Waals surface area (Å²) in [5.41, 5.74) is -2.37. The molecular weight excluding hydrogens is 1600 g/mol. The Balaban J connectivity index is -0.000000398. The molecule has 0 aliphatic carbocycles. The minimum absolute atomic E-state index is 0.131. The van der Waals surface area contributed by atoms with Crippen LogP contribution in [0.1, 0.15) is 245 Å². The molecule has 6 rings (SSSR count). The Hall–Kier alpha value is -6.63. The summed E-state index contributed by atoms with van der Waals surface area (Å²) in [5.74, 6) is -2.52. The lowest BCUT2D eigenvalue weighted by Gasteiger charge is -2.23. The van der Waals surface area contributed by atoms with E-state index in [0.717, 1.165) is 90.9 Å². The molecule has 0 aliphatic rings. The second-order valence-electron chi connectivity index (χ2n) is 28.1. The van der Waals surface area contributed by atoms with Crippen molar-refractivity contribution in [3.8, 4) is 0 Å². The van der Waals surface area contributed by atoms with E-state index in [1.807, 2.05) is 125 Å². The highest BCUT2D eigenvalue weighted by molar-refractivity contribution is 7.87. The first kappa shape index (κ1) is 118. The van der Waals surface area contributed by atoms with Crippen LogP contribution in [0.4, 0.5) is 39.5 Å². The van der Waals surface area contributed by atoms with Gasteiger partial charge in [-0.05, 0) is 175 Å². The maximum absolute atomic E-state index is 13.0. The first-order valence-corrected chi connectivity index (χ1v) is 42.3. The van der Waals surface area contributed by atoms with Crippen LogP contribution in [0.5, 0.6) is 0 Å². The van der Waals surface area contributed by atoms with Crippen molar-refractivity contribution < 1.29 is 138 Å². The van der Waals surface area contributed by atoms with E-state index in [-0.39, 0.29) is 5.56 Å². The molecule has 6 aromatic carbocycles. The lowest BCUT2D eigenvalue weighted by atomic mass is 10.0. The SMILES string of the molecule is CC(=O)OCCC(F)C(F)(F)S(=O)(=O)[O-].CC(=O)OCCC(F)C(F)(F)S(=O)(=O)[O-].CCC(C)(O)CC.CCC(C)(O)CC.CCC(C)(O)CC.CCC(C)(O)CC.CCC(C)(O)CC.CCC(C)(O)CC.O=C(OCCC(F)C(F)(F)S(=O)(=O)[O-])c1ccccc1.c1ccc2cc3ccccc3cc2c1.c1ccc2ccccc2c1. The van der Waals surface area contributed by atoms with E-state index in [0.29, 0.717) is 0 Å². The topological polar surface area (TPSA) is 372 Å². The normalized spacial score (nSPS) is 12.7. The lowest BCUT2D eigenvalue weighted by Crippen LogP contribution is -2.39. The Labute approximate surface area is 682 Å². The average Bonchev–Trinajstić information content (AvgIpc) is 0.824. The van der Waals surface area contributed by atoms with Crippen LogP contribution in [-0.4, -0.2) is 175 Å². The highest BCUT2D eigenvalue weighted by Crippen LogP contribution is 2.32. The molecule has 3 atom stereocenters. The zero-order valence-electron chi connectivity index (χ0n) is 70.7. The number of esters is 3. The molecule has 6 N–H and O–H groups in total. The number of hydrogen-bond donors (Lipinski definition) is 6. The maximum atomic E-state index is 13.0. The van der Waals surface area contributed by atoms with Crippen molar-refractivity contribution in [2.75, 3.05) is 19.8 Å². The Morgan fingerprint density at radius 3 is 0.638 bits per heavy atom. The third-order valence-electron chi connectivity index (χ3n) is 18.5. The van der Waals surface area contributed by atoms with Crippen LogP contribution in [0.2, 0.25) is 0 Å². The van der Waals surface area contributed by atoms with Gasteiger partial charge in [0.25, 0.3) is 0 Å². The van der Waals surface area contributed by atoms with E-state index in [4.69, 9.17) is 30.6 Å². The number of halogens is 9. The molecule has 0 aliphatic heterocycles. The quantitative estimate of drug-likeness (QED) is 0.00873. The van der Waals surface area contributed by atoms with Gasteiger partial charge in [0.15, 0.2) is 48.9 Å². The highest BCUT2D eigenvalue weighted by Gasteiger charge is 2.49. The fourth-order valence-corrected chi connectivity index (χ4v) is 8.31. The molecule has 6 aromatic rings. The molecule has 33 heteroatoms. The number of carbonyl (C=O) groups excluding carboxylic acids is 3. The van der Waals surface area contributed by atoms with Gasteiger partial charge >= 0.3 is 33.7 Å². The van der Waals surface area contributed by atoms with Crippen LogP contribution in [0.25, 0.3) is 32.3 Å². The number of carbonyl (C=O) groups is 3. The van der Waals surface area contributed by atoms with Gasteiger partial charge in [-0.1, -0.05) is 198 Å². The van der Waals surface area contributed by atoms with Crippen LogP contribution in [0.15, 0.2) is 140 Å². The standard InChI is InChI=1S/C14H10.C11H11F3O5S.C10H8.2C6H9F3O5S.6C6H14O/c1-2-6-12-10-14-8-4-3-7-13(14)9-11(12)5-1;12-9(11(13,14)20(16,17)18)6-7-19-10(15)8-4-2-1-3-5-8;1-2-6-10-8-4-3-7-9(10)5-1;2*1-4(10)14-3-2-5(7)6(8,9)15(11,12)13;6*1-4-6(3,7)5-2/h1-10H;1-5,9H,6-7H2,(H,16,17,18);1-8H;2*5H,2-3H2,1H3,(H,11,12,13);6*7H,4-5H2,1-3H3/p-3. The van der Waals surface area contributed by atoms with E-state index in [1.54, 1.807) is 6.07 Å². The van der Waals surface area contributed by atoms with E-state index in [9.17, 15) is 92.8 Å². The van der Waals surface area contributed by atoms with E-state index < -0.39 is 155 Å². The van der Waals surface area contributed by atoms with Crippen molar-refractivity contribution in [1.29, 1.82) is 0 Å². The van der Waals surface area contributed by atoms with Crippen molar-refractivity contribution in [1.82, 2.24) is 0 Å². The van der Waals surface area contributed by atoms with Gasteiger partial charge in [-0.3, -0.25) is 9.59 Å². The second kappa shape index (κ2) is 56.8. The molecule has 0 aromatic heterocycles. The lowest BCUT2D eigenvalue weighted by molar-refractivity contribution is -0.143. The molecule has 0 fully saturated rings. The largest absolute Gasteiger partial charge is 0.743 e. The molecule has 0 saturated carbocycles. The van der Waals surface area contributed by atoms with Crippen molar-refractivity contribution in [2.45, 2.75) is 303 Å². The molecule has 3 unspecified atom stereocenters. The average molecular weight is 1730 g/mol. The van der Waals surface area contributed by atoms with Crippen LogP contribution >= 0.6 is 0 Å². The van der Waals surface area contributed by atoms with E-state index >= 15 is 0 Å². The number of aliphatic hydroxyl groups is 6. The molecule has 116 heavy (non-hydrogen) atoms. The summed E-state index contributed by atoms with van der Waals surface area (Å²) in [6.45, 7) is 34.7. The number of fused-ring (bicyclic) bond motifs is 3. The van der Waals surface area contributed by atoms with Gasteiger partial charge in [0, 0.05) is 33.1 Å². The number of hydrogen-bond acceptors (Lipinski definition) is 21. The van der Waals surface area contributed by atoms with Crippen LogP contribution in [-0.2, 0) is 54.2 Å². The Morgan fingerprint density at radius 1 is 0.319 bits per heavy atom. The molecule has 0 heterocycles. The van der Waals surface area contributed by atoms with Crippen LogP contribution in [0, 0.1) is 0 Å². The molecule has 0 spiro atoms. The number of ether oxygens (including phenoxy) is 3. The van der Waals surface area contributed by atoms with Gasteiger partial charge in [0.2, 0.25) is 0 Å². The number of alkyl halides is 9. The number of rotatable bonds is 28. The van der Waals surface area contributed by atoms with Crippen molar-refractivity contribution >= 4 is 80.6 Å². The van der Waals surface area contributed by atoms with Crippen molar-refractivity contribution in [3.63, 3.8) is 0 Å². The van der Waals surface area contributed by atoms with Crippen molar-refractivity contribution in [3.05, 3.63) is 145 Å². The summed E-state index contributed by atoms with van der Waals surface area (Å²) in [7, 11) is -18.2. The predicted octanol–water partition coefficient (Wildman–Crippen LogP) is 18.7. The van der Waals surface area contributed by atoms with Gasteiger partial charge in [-0.25, -0.2) is 43.2 Å². The zero-order chi connectivity index (χ0) is 91.6. The summed E-state index contributed by atoms with van der Waals surface area (Å²) in [4.78, 5) is 31.7. The fraction of sp³-hybridized carbons (Fsp3) is 0.602. The summed E-state index contributed by atoms with van der Waals surface area (Å²) < 4.78 is 216. The molecule has 0 amide bonds. The van der Waals surface area contributed by atoms with Gasteiger partial charge in [0.1, 0.15) is 0 Å². The molecule has 0 saturated heterocycles. The number of benzene rings is 6. The molecule has 0 bridgehead atoms. The highest BCUT2D eigenvalue weighted by atomic mass is 32.2. The Kier molecular flexibility index (Phi) is 57.7. The molecule has 0 radical (unpaired) electrons. The zero-order valence-corrected chi connectivity index (χ0v) is 73.1. The van der Waals surface area contributed by atoms with E-state index in [2.05, 4.69) is 123 Å². The smallest absolute Gasteiger partial charge is 0.364 e. The second-order valence-corrected chi connectivity index (χ2v) is 32.5. The molecule has 670 valence electrons. The van der Waals surface area contributed by atoms with Crippen LogP contribution < -0.4 is 0 Å². The first-order valence-electron chi connectivity index (χ1n) is 38.0. The summed E-state index contributed by atoms with van der Waals surface area (Å²) in [6.07, 6.45) is -2.65. The van der Waals surface area contributed by atoms with Gasteiger partial charge in [0.05, 0.1) is 59.0 Å². The minimum atomic E-state index is -6.10.